The van der Waals surface area contributed by atoms with Gasteiger partial charge in [-0.25, -0.2) is 9.97 Å². The number of rotatable bonds is 6. The van der Waals surface area contributed by atoms with Crippen molar-refractivity contribution < 1.29 is 9.21 Å². The Bertz CT molecular complexity index is 740. The summed E-state index contributed by atoms with van der Waals surface area (Å²) >= 11 is 0. The van der Waals surface area contributed by atoms with E-state index in [0.29, 0.717) is 24.5 Å². The van der Waals surface area contributed by atoms with Crippen LogP contribution in [0.4, 0.5) is 5.82 Å². The average Bonchev–Trinajstić information content (AvgIpc) is 3.19. The summed E-state index contributed by atoms with van der Waals surface area (Å²) in [5.74, 6) is 2.25. The van der Waals surface area contributed by atoms with Crippen molar-refractivity contribution in [1.29, 1.82) is 0 Å². The summed E-state index contributed by atoms with van der Waals surface area (Å²) in [4.78, 5) is 24.1. The summed E-state index contributed by atoms with van der Waals surface area (Å²) in [6.45, 7) is 8.98. The number of carbonyl (C=O) groups excluding carboxylic acids is 1. The highest BCUT2D eigenvalue weighted by Crippen LogP contribution is 2.21. The molecule has 156 valence electrons. The minimum absolute atomic E-state index is 0. The number of piperazine rings is 1. The average molecular weight is 430 g/mol. The van der Waals surface area contributed by atoms with E-state index in [2.05, 4.69) is 27.5 Å². The maximum atomic E-state index is 13.2. The van der Waals surface area contributed by atoms with Gasteiger partial charge >= 0.3 is 0 Å². The molecule has 1 amide bonds. The molecule has 7 nitrogen and oxygen atoms in total. The second-order valence-corrected chi connectivity index (χ2v) is 6.84. The molecule has 3 rings (SSSR count). The number of anilines is 1. The first-order valence-corrected chi connectivity index (χ1v) is 9.25. The third kappa shape index (κ3) is 5.59. The van der Waals surface area contributed by atoms with Crippen molar-refractivity contribution in [3.05, 3.63) is 41.7 Å². The number of hydrogen-bond donors (Lipinski definition) is 2. The van der Waals surface area contributed by atoms with Crippen LogP contribution >= 0.6 is 24.8 Å². The van der Waals surface area contributed by atoms with Crippen LogP contribution in [-0.4, -0.2) is 46.5 Å². The highest BCUT2D eigenvalue weighted by molar-refractivity contribution is 5.98. The molecule has 9 heteroatoms. The minimum atomic E-state index is -0.0180. The number of nitrogens with zero attached hydrogens (tertiary/aromatic N) is 3. The Labute approximate surface area is 178 Å². The van der Waals surface area contributed by atoms with Crippen LogP contribution in [0.15, 0.2) is 29.0 Å². The zero-order valence-corrected chi connectivity index (χ0v) is 18.1. The predicted octanol–water partition coefficient (Wildman–Crippen LogP) is 3.47. The predicted molar refractivity (Wildman–Crippen MR) is 115 cm³/mol. The zero-order chi connectivity index (χ0) is 18.5. The molecule has 28 heavy (non-hydrogen) atoms. The smallest absolute Gasteiger partial charge is 0.259 e. The highest BCUT2D eigenvalue weighted by atomic mass is 35.5. The summed E-state index contributed by atoms with van der Waals surface area (Å²) < 4.78 is 5.37. The summed E-state index contributed by atoms with van der Waals surface area (Å²) in [5, 5.41) is 6.61. The Balaban J connectivity index is 0.00000196. The fourth-order valence-electron chi connectivity index (χ4n) is 3.10. The first kappa shape index (κ1) is 24.2. The third-order valence-corrected chi connectivity index (χ3v) is 4.65. The fraction of sp³-hybridized carbons (Fsp3) is 0.526. The molecule has 0 radical (unpaired) electrons. The third-order valence-electron chi connectivity index (χ3n) is 4.65. The first-order chi connectivity index (χ1) is 12.6. The Kier molecular flexibility index (Phi) is 9.72. The zero-order valence-electron chi connectivity index (χ0n) is 16.5. The Morgan fingerprint density at radius 3 is 2.86 bits per heavy atom. The molecule has 1 fully saturated rings. The lowest BCUT2D eigenvalue weighted by Crippen LogP contribution is -2.53. The highest BCUT2D eigenvalue weighted by Gasteiger charge is 2.28. The second-order valence-electron chi connectivity index (χ2n) is 6.84. The second kappa shape index (κ2) is 11.2. The van der Waals surface area contributed by atoms with Crippen LogP contribution in [0.5, 0.6) is 0 Å². The summed E-state index contributed by atoms with van der Waals surface area (Å²) in [6, 6.07) is 3.93. The van der Waals surface area contributed by atoms with Crippen LogP contribution in [-0.2, 0) is 6.54 Å². The first-order valence-electron chi connectivity index (χ1n) is 9.25. The van der Waals surface area contributed by atoms with Crippen molar-refractivity contribution in [2.24, 2.45) is 0 Å². The van der Waals surface area contributed by atoms with Gasteiger partial charge in [0.2, 0.25) is 0 Å². The molecular weight excluding hydrogens is 401 g/mol. The van der Waals surface area contributed by atoms with Crippen molar-refractivity contribution in [3.63, 3.8) is 0 Å². The molecule has 3 heterocycles. The van der Waals surface area contributed by atoms with Gasteiger partial charge < -0.3 is 20.0 Å². The van der Waals surface area contributed by atoms with Crippen LogP contribution in [0.3, 0.4) is 0 Å². The van der Waals surface area contributed by atoms with Crippen molar-refractivity contribution >= 4 is 36.5 Å². The molecule has 2 N–H and O–H groups in total. The van der Waals surface area contributed by atoms with Gasteiger partial charge in [-0.15, -0.1) is 24.8 Å². The number of aromatic nitrogens is 2. The number of halogens is 2. The quantitative estimate of drug-likeness (QED) is 0.730. The standard InChI is InChI=1S/C19H27N5O2.2ClH/c1-4-14-10-20-7-8-24(14)19(25)16-12-22-17(13(2)3)23-18(16)21-11-15-6-5-9-26-15;;/h5-6,9,12-14,20H,4,7-8,10-11H2,1-3H3,(H,21,22,23);2*1H. The van der Waals surface area contributed by atoms with E-state index in [1.807, 2.05) is 30.9 Å². The number of amides is 1. The molecule has 0 spiro atoms. The minimum Gasteiger partial charge on any atom is -0.467 e. The van der Waals surface area contributed by atoms with Gasteiger partial charge in [-0.3, -0.25) is 4.79 Å². The Morgan fingerprint density at radius 2 is 2.21 bits per heavy atom. The number of nitrogens with one attached hydrogen (secondary N) is 2. The van der Waals surface area contributed by atoms with Crippen LogP contribution in [0.2, 0.25) is 0 Å². The van der Waals surface area contributed by atoms with Gasteiger partial charge in [0.25, 0.3) is 5.91 Å². The monoisotopic (exact) mass is 429 g/mol. The molecule has 2 aromatic rings. The van der Waals surface area contributed by atoms with E-state index in [1.54, 1.807) is 12.5 Å². The van der Waals surface area contributed by atoms with Crippen LogP contribution < -0.4 is 10.6 Å². The summed E-state index contributed by atoms with van der Waals surface area (Å²) in [7, 11) is 0. The van der Waals surface area contributed by atoms with Crippen molar-refractivity contribution in [2.45, 2.75) is 45.7 Å². The van der Waals surface area contributed by atoms with Gasteiger partial charge in [0.1, 0.15) is 23.0 Å². The molecule has 0 saturated carbocycles. The van der Waals surface area contributed by atoms with E-state index < -0.39 is 0 Å². The molecule has 1 aliphatic heterocycles. The molecular formula is C19H29Cl2N5O2. The SMILES string of the molecule is CCC1CNCCN1C(=O)c1cnc(C(C)C)nc1NCc1ccco1.Cl.Cl. The molecule has 0 bridgehead atoms. The molecule has 1 unspecified atom stereocenters. The van der Waals surface area contributed by atoms with Gasteiger partial charge in [0, 0.05) is 37.8 Å². The normalized spacial score (nSPS) is 16.3. The van der Waals surface area contributed by atoms with Gasteiger partial charge in [-0.1, -0.05) is 20.8 Å². The van der Waals surface area contributed by atoms with Gasteiger partial charge in [0.15, 0.2) is 0 Å². The maximum absolute atomic E-state index is 13.2. The van der Waals surface area contributed by atoms with Crippen molar-refractivity contribution in [1.82, 2.24) is 20.2 Å². The Hall–Kier alpha value is -1.83. The van der Waals surface area contributed by atoms with Crippen molar-refractivity contribution in [3.8, 4) is 0 Å². The number of carbonyl (C=O) groups is 1. The molecule has 0 aromatic carbocycles. The van der Waals surface area contributed by atoms with Gasteiger partial charge in [-0.05, 0) is 18.6 Å². The molecule has 0 aliphatic carbocycles. The van der Waals surface area contributed by atoms with Gasteiger partial charge in [0.05, 0.1) is 12.8 Å². The molecule has 2 aromatic heterocycles. The molecule has 1 atom stereocenters. The summed E-state index contributed by atoms with van der Waals surface area (Å²) in [6.07, 6.45) is 4.21. The van der Waals surface area contributed by atoms with E-state index in [-0.39, 0.29) is 42.7 Å². The van der Waals surface area contributed by atoms with E-state index in [1.165, 1.54) is 0 Å². The lowest BCUT2D eigenvalue weighted by atomic mass is 10.1. The maximum Gasteiger partial charge on any atom is 0.259 e. The fourth-order valence-corrected chi connectivity index (χ4v) is 3.10. The molecule has 1 aliphatic rings. The van der Waals surface area contributed by atoms with Crippen LogP contribution in [0, 0.1) is 0 Å². The van der Waals surface area contributed by atoms with Gasteiger partial charge in [-0.2, -0.15) is 0 Å². The number of hydrogen-bond acceptors (Lipinski definition) is 6. The van der Waals surface area contributed by atoms with Crippen molar-refractivity contribution in [2.75, 3.05) is 25.0 Å². The summed E-state index contributed by atoms with van der Waals surface area (Å²) in [5.41, 5.74) is 0.515. The lowest BCUT2D eigenvalue weighted by Gasteiger charge is -2.36. The van der Waals surface area contributed by atoms with E-state index in [4.69, 9.17) is 4.42 Å². The lowest BCUT2D eigenvalue weighted by molar-refractivity contribution is 0.0631. The molecule has 1 saturated heterocycles. The topological polar surface area (TPSA) is 83.3 Å². The Morgan fingerprint density at radius 1 is 1.43 bits per heavy atom. The van der Waals surface area contributed by atoms with E-state index >= 15 is 0 Å². The van der Waals surface area contributed by atoms with Crippen LogP contribution in [0.25, 0.3) is 0 Å². The van der Waals surface area contributed by atoms with E-state index in [9.17, 15) is 4.79 Å². The number of furan rings is 1. The van der Waals surface area contributed by atoms with Crippen LogP contribution in [0.1, 0.15) is 55.1 Å². The largest absolute Gasteiger partial charge is 0.467 e. The van der Waals surface area contributed by atoms with E-state index in [0.717, 1.165) is 31.1 Å².